The molecule has 7 rings (SSSR count). The number of sulfonamides is 1. The molecule has 0 saturated carbocycles. The highest BCUT2D eigenvalue weighted by Gasteiger charge is 2.35. The summed E-state index contributed by atoms with van der Waals surface area (Å²) in [6.07, 6.45) is 0.340. The number of nitrogens with zero attached hydrogens (tertiary/aromatic N) is 7. The van der Waals surface area contributed by atoms with Crippen LogP contribution in [-0.2, 0) is 39.3 Å². The first-order chi connectivity index (χ1) is 27.1. The number of imidazole rings is 1. The molecular formula is C39H44F3N9O5S. The highest BCUT2D eigenvalue weighted by molar-refractivity contribution is 7.89. The molecule has 5 heterocycles. The third kappa shape index (κ3) is 8.32. The molecule has 0 aliphatic carbocycles. The average molecular weight is 808 g/mol. The van der Waals surface area contributed by atoms with Crippen LogP contribution in [0.3, 0.4) is 0 Å². The Morgan fingerprint density at radius 1 is 1.00 bits per heavy atom. The van der Waals surface area contributed by atoms with Gasteiger partial charge in [0.2, 0.25) is 27.8 Å². The molecule has 2 amide bonds. The summed E-state index contributed by atoms with van der Waals surface area (Å²) in [4.78, 5) is 47.9. The number of carbonyl (C=O) groups is 2. The van der Waals surface area contributed by atoms with Gasteiger partial charge in [-0.3, -0.25) is 24.0 Å². The Hall–Kier alpha value is -5.12. The maximum absolute atomic E-state index is 13.7. The first kappa shape index (κ1) is 40.1. The summed E-state index contributed by atoms with van der Waals surface area (Å²) >= 11 is 0. The highest BCUT2D eigenvalue weighted by atomic mass is 32.2. The second-order valence-corrected chi connectivity index (χ2v) is 17.3. The molecule has 302 valence electrons. The Balaban J connectivity index is 0.958. The Morgan fingerprint density at radius 2 is 1.70 bits per heavy atom. The van der Waals surface area contributed by atoms with Crippen molar-refractivity contribution in [2.75, 3.05) is 38.0 Å². The van der Waals surface area contributed by atoms with Crippen LogP contribution >= 0.6 is 0 Å². The number of aryl methyl sites for hydroxylation is 1. The number of fused-ring (bicyclic) bond motifs is 1. The van der Waals surface area contributed by atoms with Crippen LogP contribution in [0, 0.1) is 17.2 Å². The van der Waals surface area contributed by atoms with Gasteiger partial charge in [0.1, 0.15) is 6.04 Å². The smallest absolute Gasteiger partial charge is 0.351 e. The van der Waals surface area contributed by atoms with Crippen LogP contribution in [0.1, 0.15) is 79.7 Å². The summed E-state index contributed by atoms with van der Waals surface area (Å²) in [7, 11) is -2.16. The maximum Gasteiger partial charge on any atom is 0.419 e. The van der Waals surface area contributed by atoms with E-state index >= 15 is 0 Å². The lowest BCUT2D eigenvalue weighted by Gasteiger charge is -2.34. The van der Waals surface area contributed by atoms with Gasteiger partial charge in [-0.15, -0.1) is 0 Å². The van der Waals surface area contributed by atoms with Crippen LogP contribution in [0.2, 0.25) is 0 Å². The van der Waals surface area contributed by atoms with Crippen molar-refractivity contribution < 1.29 is 31.2 Å². The van der Waals surface area contributed by atoms with Crippen molar-refractivity contribution in [1.82, 2.24) is 33.6 Å². The van der Waals surface area contributed by atoms with Gasteiger partial charge in [0, 0.05) is 51.5 Å². The van der Waals surface area contributed by atoms with E-state index in [2.05, 4.69) is 38.5 Å². The number of imide groups is 1. The van der Waals surface area contributed by atoms with E-state index in [1.165, 1.54) is 14.9 Å². The van der Waals surface area contributed by atoms with Crippen LogP contribution < -0.4 is 16.3 Å². The van der Waals surface area contributed by atoms with Crippen molar-refractivity contribution in [2.45, 2.75) is 80.9 Å². The van der Waals surface area contributed by atoms with Crippen LogP contribution in [-0.4, -0.2) is 87.3 Å². The molecule has 2 aromatic heterocycles. The Bertz CT molecular complexity index is 2370. The van der Waals surface area contributed by atoms with E-state index in [1.54, 1.807) is 23.7 Å². The van der Waals surface area contributed by atoms with Crippen molar-refractivity contribution in [3.8, 4) is 6.07 Å². The molecule has 2 N–H and O–H groups in total. The average Bonchev–Trinajstić information content (AvgIpc) is 3.44. The van der Waals surface area contributed by atoms with Gasteiger partial charge in [0.05, 0.1) is 33.1 Å². The van der Waals surface area contributed by atoms with Gasteiger partial charge >= 0.3 is 11.9 Å². The highest BCUT2D eigenvalue weighted by Crippen LogP contribution is 2.35. The number of aromatic nitrogens is 4. The number of likely N-dealkylation sites (tertiary alicyclic amines) is 1. The third-order valence-electron chi connectivity index (χ3n) is 11.4. The molecule has 0 spiro atoms. The number of hydrogen-bond donors (Lipinski definition) is 2. The van der Waals surface area contributed by atoms with E-state index in [4.69, 9.17) is 0 Å². The molecule has 18 heteroatoms. The molecule has 0 bridgehead atoms. The van der Waals surface area contributed by atoms with E-state index < -0.39 is 33.7 Å². The first-order valence-electron chi connectivity index (χ1n) is 19.1. The molecule has 3 aliphatic heterocycles. The number of amides is 2. The van der Waals surface area contributed by atoms with E-state index in [0.717, 1.165) is 43.6 Å². The van der Waals surface area contributed by atoms with Crippen molar-refractivity contribution in [3.63, 3.8) is 0 Å². The quantitative estimate of drug-likeness (QED) is 0.220. The molecule has 3 aliphatic rings. The molecule has 3 fully saturated rings. The number of piperidine rings is 3. The van der Waals surface area contributed by atoms with Gasteiger partial charge in [-0.05, 0) is 98.8 Å². The largest absolute Gasteiger partial charge is 0.419 e. The minimum absolute atomic E-state index is 0.0458. The van der Waals surface area contributed by atoms with E-state index in [0.29, 0.717) is 48.3 Å². The van der Waals surface area contributed by atoms with Gasteiger partial charge < -0.3 is 10.2 Å². The number of alkyl halides is 3. The van der Waals surface area contributed by atoms with Crippen LogP contribution in [0.5, 0.6) is 0 Å². The number of anilines is 1. The van der Waals surface area contributed by atoms with Gasteiger partial charge in [0.15, 0.2) is 0 Å². The van der Waals surface area contributed by atoms with Crippen LogP contribution in [0.15, 0.2) is 58.5 Å². The number of nitrogens with one attached hydrogen (secondary N) is 2. The van der Waals surface area contributed by atoms with E-state index in [-0.39, 0.29) is 66.2 Å². The monoisotopic (exact) mass is 807 g/mol. The topological polar surface area (TPSA) is 175 Å². The lowest BCUT2D eigenvalue weighted by atomic mass is 9.87. The third-order valence-corrected chi connectivity index (χ3v) is 13.3. The molecule has 2 atom stereocenters. The summed E-state index contributed by atoms with van der Waals surface area (Å²) in [6.45, 7) is 4.83. The Labute approximate surface area is 327 Å². The van der Waals surface area contributed by atoms with Crippen molar-refractivity contribution in [1.29, 1.82) is 5.26 Å². The Kier molecular flexibility index (Phi) is 11.3. The molecule has 14 nitrogen and oxygen atoms in total. The number of benzene rings is 2. The molecular weight excluding hydrogens is 764 g/mol. The molecule has 3 saturated heterocycles. The molecule has 1 unspecified atom stereocenters. The van der Waals surface area contributed by atoms with E-state index in [9.17, 15) is 41.2 Å². The maximum atomic E-state index is 13.7. The summed E-state index contributed by atoms with van der Waals surface area (Å²) in [6, 6.07) is 11.7. The number of halogens is 3. The van der Waals surface area contributed by atoms with Crippen molar-refractivity contribution in [3.05, 3.63) is 81.5 Å². The zero-order chi connectivity index (χ0) is 40.6. The second-order valence-electron chi connectivity index (χ2n) is 15.3. The zero-order valence-corrected chi connectivity index (χ0v) is 32.4. The lowest BCUT2D eigenvalue weighted by Crippen LogP contribution is -2.44. The molecule has 0 radical (unpaired) electrons. The summed E-state index contributed by atoms with van der Waals surface area (Å²) in [5, 5.41) is 15.3. The number of para-hydroxylation sites is 1. The van der Waals surface area contributed by atoms with Gasteiger partial charge in [-0.2, -0.15) is 22.7 Å². The normalized spacial score (nSPS) is 20.0. The standard InChI is InChI=1S/C39H44F3N9O5S/c1-24(23-49-14-10-25(11-15-49)31-4-3-5-32-35(31)48(2)38(54)51(32)33-8-9-34(52)47-36(33)53)18-27-19-30(7-6-26(27)20-43)57(55,56)50-16-12-29(13-17-50)46-37-44-21-28(22-45-37)39(40,41)42/h3-7,19,21-22,24-25,29,33H,8-18,23H2,1-2H3,(H,44,45,46)(H,47,52,53)/t24?,33-/m0/s1. The second kappa shape index (κ2) is 16.0. The summed E-state index contributed by atoms with van der Waals surface area (Å²) < 4.78 is 70.6. The van der Waals surface area contributed by atoms with Crippen molar-refractivity contribution in [2.24, 2.45) is 13.0 Å². The fraction of sp³-hybridized carbons (Fsp3) is 0.487. The van der Waals surface area contributed by atoms with Gasteiger partial charge in [-0.1, -0.05) is 19.1 Å². The minimum atomic E-state index is -4.54. The van der Waals surface area contributed by atoms with Gasteiger partial charge in [0.25, 0.3) is 0 Å². The number of carbonyl (C=O) groups excluding carboxylic acids is 2. The molecule has 4 aromatic rings. The summed E-state index contributed by atoms with van der Waals surface area (Å²) in [5.41, 5.74) is 2.36. The van der Waals surface area contributed by atoms with Crippen molar-refractivity contribution >= 4 is 38.8 Å². The fourth-order valence-corrected chi connectivity index (χ4v) is 9.99. The SMILES string of the molecule is CC(Cc1cc(S(=O)(=O)N2CCC(Nc3ncc(C(F)(F)F)cn3)CC2)ccc1C#N)CN1CCC(c2cccc3c2n(C)c(=O)n3[C@H]2CCC(=O)NC2=O)CC1. The molecule has 2 aromatic carbocycles. The van der Waals surface area contributed by atoms with Crippen LogP contribution in [0.4, 0.5) is 19.1 Å². The van der Waals surface area contributed by atoms with E-state index in [1.807, 2.05) is 18.2 Å². The Morgan fingerprint density at radius 3 is 2.35 bits per heavy atom. The zero-order valence-electron chi connectivity index (χ0n) is 31.6. The van der Waals surface area contributed by atoms with Crippen LogP contribution in [0.25, 0.3) is 11.0 Å². The number of hydrogen-bond acceptors (Lipinski definition) is 10. The van der Waals surface area contributed by atoms with Gasteiger partial charge in [-0.25, -0.2) is 23.2 Å². The lowest BCUT2D eigenvalue weighted by molar-refractivity contribution is -0.138. The fourth-order valence-electron chi connectivity index (χ4n) is 8.46. The molecule has 57 heavy (non-hydrogen) atoms. The number of nitriles is 1. The summed E-state index contributed by atoms with van der Waals surface area (Å²) in [5.74, 6) is -0.461. The predicted octanol–water partition coefficient (Wildman–Crippen LogP) is 4.32. The first-order valence-corrected chi connectivity index (χ1v) is 20.5. The minimum Gasteiger partial charge on any atom is -0.351 e. The predicted molar refractivity (Wildman–Crippen MR) is 203 cm³/mol. The number of rotatable bonds is 10.